The third-order valence-electron chi connectivity index (χ3n) is 4.85. The van der Waals surface area contributed by atoms with E-state index in [9.17, 15) is 13.2 Å². The molecule has 0 bridgehead atoms. The Morgan fingerprint density at radius 3 is 2.15 bits per heavy atom. The topological polar surface area (TPSA) is 119 Å². The normalized spacial score (nSPS) is 11.3. The van der Waals surface area contributed by atoms with Crippen molar-refractivity contribution in [3.8, 4) is 0 Å². The van der Waals surface area contributed by atoms with Crippen LogP contribution in [0.25, 0.3) is 0 Å². The second-order valence-corrected chi connectivity index (χ2v) is 9.30. The molecule has 170 valence electrons. The van der Waals surface area contributed by atoms with Gasteiger partial charge in [-0.15, -0.1) is 0 Å². The summed E-state index contributed by atoms with van der Waals surface area (Å²) in [5.74, 6) is 0.534. The molecule has 1 amide bonds. The fourth-order valence-electron chi connectivity index (χ4n) is 3.16. The average molecular weight is 467 g/mol. The molecule has 3 heterocycles. The van der Waals surface area contributed by atoms with Crippen LogP contribution in [-0.4, -0.2) is 30.0 Å². The minimum atomic E-state index is -3.73. The fourth-order valence-corrected chi connectivity index (χ4v) is 3.86. The highest BCUT2D eigenvalue weighted by Crippen LogP contribution is 2.25. The molecule has 4 rings (SSSR count). The van der Waals surface area contributed by atoms with Gasteiger partial charge in [-0.3, -0.25) is 4.79 Å². The van der Waals surface area contributed by atoms with E-state index in [2.05, 4.69) is 15.3 Å². The van der Waals surface area contributed by atoms with Crippen LogP contribution in [0.2, 0.25) is 0 Å². The molecule has 0 unspecified atom stereocenters. The van der Waals surface area contributed by atoms with E-state index in [1.54, 1.807) is 66.0 Å². The van der Waals surface area contributed by atoms with E-state index in [0.29, 0.717) is 22.9 Å². The van der Waals surface area contributed by atoms with Crippen molar-refractivity contribution in [2.75, 3.05) is 16.0 Å². The number of anilines is 2. The van der Waals surface area contributed by atoms with Gasteiger partial charge in [0, 0.05) is 5.69 Å². The lowest BCUT2D eigenvalue weighted by atomic mass is 10.2. The number of amides is 1. The Hall–Kier alpha value is -3.92. The summed E-state index contributed by atoms with van der Waals surface area (Å²) in [6.45, 7) is 2.06. The summed E-state index contributed by atoms with van der Waals surface area (Å²) in [7, 11) is -3.73. The van der Waals surface area contributed by atoms with Crippen LogP contribution < -0.4 is 10.2 Å². The van der Waals surface area contributed by atoms with E-state index in [-0.39, 0.29) is 24.5 Å². The van der Waals surface area contributed by atoms with Gasteiger partial charge in [0.1, 0.15) is 11.5 Å². The molecule has 0 aliphatic carbocycles. The molecule has 0 radical (unpaired) electrons. The number of hydrogen-bond donors (Lipinski definition) is 1. The molecule has 33 heavy (non-hydrogen) atoms. The van der Waals surface area contributed by atoms with E-state index < -0.39 is 20.9 Å². The Kier molecular flexibility index (Phi) is 6.55. The zero-order valence-corrected chi connectivity index (χ0v) is 18.7. The summed E-state index contributed by atoms with van der Waals surface area (Å²) in [5, 5.41) is 2.37. The first kappa shape index (κ1) is 22.3. The van der Waals surface area contributed by atoms with Crippen LogP contribution in [0.4, 0.5) is 11.4 Å². The van der Waals surface area contributed by atoms with Crippen molar-refractivity contribution in [2.45, 2.75) is 25.2 Å². The molecule has 10 heteroatoms. The van der Waals surface area contributed by atoms with E-state index >= 15 is 0 Å². The van der Waals surface area contributed by atoms with Crippen LogP contribution in [0, 0.1) is 0 Å². The summed E-state index contributed by atoms with van der Waals surface area (Å²) >= 11 is 0. The highest BCUT2D eigenvalue weighted by molar-refractivity contribution is 7.91. The third-order valence-corrected chi connectivity index (χ3v) is 6.36. The predicted molar refractivity (Wildman–Crippen MR) is 121 cm³/mol. The zero-order valence-electron chi connectivity index (χ0n) is 17.8. The molecule has 1 N–H and O–H groups in total. The van der Waals surface area contributed by atoms with Crippen molar-refractivity contribution in [1.29, 1.82) is 0 Å². The summed E-state index contributed by atoms with van der Waals surface area (Å²) in [6.07, 6.45) is 4.45. The van der Waals surface area contributed by atoms with Gasteiger partial charge >= 0.3 is 0 Å². The first-order valence-corrected chi connectivity index (χ1v) is 11.9. The Bertz CT molecular complexity index is 1270. The largest absolute Gasteiger partial charge is 0.467 e. The maximum absolute atomic E-state index is 13.2. The summed E-state index contributed by atoms with van der Waals surface area (Å²) in [6, 6.07) is 16.0. The highest BCUT2D eigenvalue weighted by Gasteiger charge is 2.25. The number of carbonyl (C=O) groups is 1. The minimum Gasteiger partial charge on any atom is -0.467 e. The molecule has 0 aliphatic heterocycles. The first-order chi connectivity index (χ1) is 16.0. The number of rotatable bonds is 9. The van der Waals surface area contributed by atoms with Crippen LogP contribution in [0.3, 0.4) is 0 Å². The number of benzene rings is 1. The third kappa shape index (κ3) is 5.29. The first-order valence-electron chi connectivity index (χ1n) is 10.2. The summed E-state index contributed by atoms with van der Waals surface area (Å²) < 4.78 is 35.8. The molecule has 0 spiro atoms. The Morgan fingerprint density at radius 1 is 0.970 bits per heavy atom. The van der Waals surface area contributed by atoms with Crippen molar-refractivity contribution in [3.63, 3.8) is 0 Å². The van der Waals surface area contributed by atoms with Crippen molar-refractivity contribution in [1.82, 2.24) is 9.97 Å². The fraction of sp³-hybridized carbons (Fsp3) is 0.174. The van der Waals surface area contributed by atoms with Gasteiger partial charge in [0.05, 0.1) is 43.3 Å². The average Bonchev–Trinajstić information content (AvgIpc) is 3.53. The number of carbonyl (C=O) groups excluding carboxylic acids is 1. The molecule has 0 fully saturated rings. The van der Waals surface area contributed by atoms with Gasteiger partial charge in [-0.05, 0) is 36.4 Å². The monoisotopic (exact) mass is 466 g/mol. The van der Waals surface area contributed by atoms with Gasteiger partial charge < -0.3 is 19.1 Å². The zero-order chi connectivity index (χ0) is 23.3. The van der Waals surface area contributed by atoms with Gasteiger partial charge in [0.25, 0.3) is 5.91 Å². The summed E-state index contributed by atoms with van der Waals surface area (Å²) in [4.78, 5) is 23.3. The van der Waals surface area contributed by atoms with Gasteiger partial charge in [-0.2, -0.15) is 0 Å². The van der Waals surface area contributed by atoms with Crippen LogP contribution in [0.5, 0.6) is 0 Å². The molecule has 0 aliphatic rings. The van der Waals surface area contributed by atoms with Crippen molar-refractivity contribution in [2.24, 2.45) is 0 Å². The van der Waals surface area contributed by atoms with Gasteiger partial charge in [-0.25, -0.2) is 18.4 Å². The van der Waals surface area contributed by atoms with Crippen molar-refractivity contribution in [3.05, 3.63) is 90.5 Å². The maximum Gasteiger partial charge on any atom is 0.276 e. The second kappa shape index (κ2) is 9.70. The number of para-hydroxylation sites is 1. The molecule has 0 atom stereocenters. The van der Waals surface area contributed by atoms with Crippen molar-refractivity contribution < 1.29 is 22.0 Å². The lowest BCUT2D eigenvalue weighted by Crippen LogP contribution is -2.27. The highest BCUT2D eigenvalue weighted by atomic mass is 32.2. The van der Waals surface area contributed by atoms with E-state index in [1.807, 2.05) is 6.07 Å². The van der Waals surface area contributed by atoms with Crippen LogP contribution >= 0.6 is 0 Å². The predicted octanol–water partition coefficient (Wildman–Crippen LogP) is 3.92. The lowest BCUT2D eigenvalue weighted by Gasteiger charge is -2.24. The second-order valence-electron chi connectivity index (χ2n) is 7.12. The van der Waals surface area contributed by atoms with E-state index in [4.69, 9.17) is 8.83 Å². The SMILES string of the molecule is CCS(=O)(=O)c1ncc(N(Cc2ccco2)Cc2ccco2)c(C(=O)Nc2ccccc2)n1. The van der Waals surface area contributed by atoms with E-state index in [1.165, 1.54) is 13.1 Å². The number of nitrogens with one attached hydrogen (secondary N) is 1. The molecule has 3 aromatic heterocycles. The molecule has 9 nitrogen and oxygen atoms in total. The number of sulfone groups is 1. The number of nitrogens with zero attached hydrogens (tertiary/aromatic N) is 3. The van der Waals surface area contributed by atoms with Crippen molar-refractivity contribution >= 4 is 27.1 Å². The summed E-state index contributed by atoms with van der Waals surface area (Å²) in [5.41, 5.74) is 0.820. The molecule has 4 aromatic rings. The minimum absolute atomic E-state index is 0.0704. The Labute approximate surface area is 191 Å². The standard InChI is InChI=1S/C23H22N4O5S/c1-2-33(29,30)23-24-14-20(21(26-23)22(28)25-17-8-4-3-5-9-17)27(15-18-10-6-12-31-18)16-19-11-7-13-32-19/h3-14H,2,15-16H2,1H3,(H,25,28). The maximum atomic E-state index is 13.2. The molecule has 0 saturated carbocycles. The molecule has 0 saturated heterocycles. The van der Waals surface area contributed by atoms with Crippen LogP contribution in [0.1, 0.15) is 28.9 Å². The molecular weight excluding hydrogens is 444 g/mol. The van der Waals surface area contributed by atoms with Crippen LogP contribution in [-0.2, 0) is 22.9 Å². The Morgan fingerprint density at radius 2 is 1.61 bits per heavy atom. The Balaban J connectivity index is 1.78. The van der Waals surface area contributed by atoms with Gasteiger partial charge in [0.15, 0.2) is 5.69 Å². The molecule has 1 aromatic carbocycles. The smallest absolute Gasteiger partial charge is 0.276 e. The van der Waals surface area contributed by atoms with Gasteiger partial charge in [-0.1, -0.05) is 25.1 Å². The molecular formula is C23H22N4O5S. The number of aromatic nitrogens is 2. The van der Waals surface area contributed by atoms with Crippen LogP contribution in [0.15, 0.2) is 87.3 Å². The lowest BCUT2D eigenvalue weighted by molar-refractivity contribution is 0.102. The van der Waals surface area contributed by atoms with E-state index in [0.717, 1.165) is 0 Å². The quantitative estimate of drug-likeness (QED) is 0.369. The van der Waals surface area contributed by atoms with Gasteiger partial charge in [0.2, 0.25) is 15.0 Å². The number of furan rings is 2. The number of hydrogen-bond acceptors (Lipinski definition) is 8.